The molecule has 3 aromatic rings. The molecule has 0 bridgehead atoms. The topological polar surface area (TPSA) is 55.4 Å². The third-order valence-electron chi connectivity index (χ3n) is 4.20. The summed E-state index contributed by atoms with van der Waals surface area (Å²) in [5.41, 5.74) is 2.97. The van der Waals surface area contributed by atoms with Crippen LogP contribution >= 0.6 is 0 Å². The summed E-state index contributed by atoms with van der Waals surface area (Å²) in [7, 11) is 0. The molecular formula is C20H15NO3. The first-order valence-electron chi connectivity index (χ1n) is 7.77. The Bertz CT molecular complexity index is 957. The third-order valence-corrected chi connectivity index (χ3v) is 4.20. The Labute approximate surface area is 139 Å². The average molecular weight is 317 g/mol. The molecule has 1 aliphatic rings. The molecule has 0 atom stereocenters. The smallest absolute Gasteiger partial charge is 0.338 e. The van der Waals surface area contributed by atoms with E-state index < -0.39 is 0 Å². The first-order chi connectivity index (χ1) is 11.7. The number of amides is 1. The lowest BCUT2D eigenvalue weighted by Gasteiger charge is -2.08. The second-order valence-corrected chi connectivity index (χ2v) is 5.81. The van der Waals surface area contributed by atoms with Crippen LogP contribution in [0, 0.1) is 0 Å². The second-order valence-electron chi connectivity index (χ2n) is 5.81. The molecule has 4 heteroatoms. The predicted octanol–water partition coefficient (Wildman–Crippen LogP) is 3.69. The van der Waals surface area contributed by atoms with Gasteiger partial charge in [-0.05, 0) is 28.5 Å². The minimum absolute atomic E-state index is 0.113. The molecule has 4 nitrogen and oxygen atoms in total. The molecule has 24 heavy (non-hydrogen) atoms. The molecule has 118 valence electrons. The molecule has 0 fully saturated rings. The van der Waals surface area contributed by atoms with Crippen molar-refractivity contribution in [3.8, 4) is 0 Å². The molecule has 1 aliphatic heterocycles. The highest BCUT2D eigenvalue weighted by Crippen LogP contribution is 2.24. The fraction of sp³-hybridized carbons (Fsp3) is 0.100. The summed E-state index contributed by atoms with van der Waals surface area (Å²) < 4.78 is 4.98. The molecule has 0 aromatic heterocycles. The number of ether oxygens (including phenoxy) is 1. The van der Waals surface area contributed by atoms with E-state index in [0.717, 1.165) is 21.9 Å². The van der Waals surface area contributed by atoms with Crippen molar-refractivity contribution in [1.29, 1.82) is 0 Å². The van der Waals surface area contributed by atoms with Gasteiger partial charge in [0, 0.05) is 11.3 Å². The van der Waals surface area contributed by atoms with Crippen LogP contribution in [0.5, 0.6) is 0 Å². The summed E-state index contributed by atoms with van der Waals surface area (Å²) in [5.74, 6) is -0.451. The standard InChI is InChI=1S/C20H15NO3/c22-19(10-14-6-3-5-13-4-1-2-7-17(13)14)21-16-9-8-15-12-24-20(23)18(15)11-16/h1-9,11H,10,12H2,(H,21,22). The normalized spacial score (nSPS) is 12.8. The van der Waals surface area contributed by atoms with Gasteiger partial charge in [-0.3, -0.25) is 4.79 Å². The van der Waals surface area contributed by atoms with E-state index in [2.05, 4.69) is 5.32 Å². The van der Waals surface area contributed by atoms with Gasteiger partial charge in [0.15, 0.2) is 0 Å². The summed E-state index contributed by atoms with van der Waals surface area (Å²) in [5, 5.41) is 5.05. The Hall–Kier alpha value is -3.14. The number of carbonyl (C=O) groups is 2. The van der Waals surface area contributed by atoms with Gasteiger partial charge in [-0.2, -0.15) is 0 Å². The molecule has 0 saturated carbocycles. The van der Waals surface area contributed by atoms with E-state index in [1.165, 1.54) is 0 Å². The number of esters is 1. The zero-order valence-corrected chi connectivity index (χ0v) is 12.9. The number of cyclic esters (lactones) is 1. The highest BCUT2D eigenvalue weighted by molar-refractivity contribution is 5.98. The molecule has 0 spiro atoms. The first kappa shape index (κ1) is 14.5. The van der Waals surface area contributed by atoms with Crippen LogP contribution in [-0.2, 0) is 22.6 Å². The zero-order chi connectivity index (χ0) is 16.5. The van der Waals surface area contributed by atoms with Crippen LogP contribution in [0.1, 0.15) is 21.5 Å². The van der Waals surface area contributed by atoms with Gasteiger partial charge >= 0.3 is 5.97 Å². The van der Waals surface area contributed by atoms with E-state index in [-0.39, 0.29) is 18.3 Å². The molecule has 1 N–H and O–H groups in total. The van der Waals surface area contributed by atoms with Crippen molar-refractivity contribution in [1.82, 2.24) is 0 Å². The average Bonchev–Trinajstić information content (AvgIpc) is 2.96. The first-order valence-corrected chi connectivity index (χ1v) is 7.77. The lowest BCUT2D eigenvalue weighted by Crippen LogP contribution is -2.15. The maximum absolute atomic E-state index is 12.4. The Morgan fingerprint density at radius 3 is 2.79 bits per heavy atom. The van der Waals surface area contributed by atoms with Crippen LogP contribution in [0.15, 0.2) is 60.7 Å². The van der Waals surface area contributed by atoms with E-state index in [0.29, 0.717) is 17.9 Å². The van der Waals surface area contributed by atoms with E-state index in [1.807, 2.05) is 48.5 Å². The van der Waals surface area contributed by atoms with Crippen LogP contribution in [0.25, 0.3) is 10.8 Å². The van der Waals surface area contributed by atoms with Gasteiger partial charge < -0.3 is 10.1 Å². The molecule has 4 rings (SSSR count). The fourth-order valence-electron chi connectivity index (χ4n) is 3.02. The van der Waals surface area contributed by atoms with Crippen molar-refractivity contribution in [3.63, 3.8) is 0 Å². The quantitative estimate of drug-likeness (QED) is 0.750. The SMILES string of the molecule is O=C(Cc1cccc2ccccc12)Nc1ccc2c(c1)C(=O)OC2. The zero-order valence-electron chi connectivity index (χ0n) is 12.9. The molecule has 1 heterocycles. The number of fused-ring (bicyclic) bond motifs is 2. The number of hydrogen-bond donors (Lipinski definition) is 1. The fourth-order valence-corrected chi connectivity index (χ4v) is 3.02. The molecule has 0 aliphatic carbocycles. The van der Waals surface area contributed by atoms with Crippen LogP contribution in [0.2, 0.25) is 0 Å². The highest BCUT2D eigenvalue weighted by Gasteiger charge is 2.21. The van der Waals surface area contributed by atoms with Crippen LogP contribution in [0.4, 0.5) is 5.69 Å². The second kappa shape index (κ2) is 5.81. The van der Waals surface area contributed by atoms with Crippen molar-refractivity contribution in [2.24, 2.45) is 0 Å². The molecule has 0 radical (unpaired) electrons. The third kappa shape index (κ3) is 2.63. The van der Waals surface area contributed by atoms with Crippen LogP contribution in [-0.4, -0.2) is 11.9 Å². The minimum atomic E-state index is -0.338. The lowest BCUT2D eigenvalue weighted by atomic mass is 10.0. The summed E-state index contributed by atoms with van der Waals surface area (Å²) in [6, 6.07) is 19.2. The van der Waals surface area contributed by atoms with Crippen molar-refractivity contribution in [3.05, 3.63) is 77.4 Å². The highest BCUT2D eigenvalue weighted by atomic mass is 16.5. The van der Waals surface area contributed by atoms with Gasteiger partial charge in [0.1, 0.15) is 6.61 Å². The summed E-state index contributed by atoms with van der Waals surface area (Å²) >= 11 is 0. The largest absolute Gasteiger partial charge is 0.457 e. The van der Waals surface area contributed by atoms with Gasteiger partial charge in [0.05, 0.1) is 12.0 Å². The minimum Gasteiger partial charge on any atom is -0.457 e. The van der Waals surface area contributed by atoms with Gasteiger partial charge in [-0.15, -0.1) is 0 Å². The van der Waals surface area contributed by atoms with Gasteiger partial charge in [0.2, 0.25) is 5.91 Å². The van der Waals surface area contributed by atoms with Gasteiger partial charge in [0.25, 0.3) is 0 Å². The van der Waals surface area contributed by atoms with E-state index in [1.54, 1.807) is 12.1 Å². The number of nitrogens with one attached hydrogen (secondary N) is 1. The number of benzene rings is 3. The Balaban J connectivity index is 1.55. The summed E-state index contributed by atoms with van der Waals surface area (Å²) in [4.78, 5) is 24.0. The van der Waals surface area contributed by atoms with Crippen molar-refractivity contribution < 1.29 is 14.3 Å². The molecular weight excluding hydrogens is 302 g/mol. The monoisotopic (exact) mass is 317 g/mol. The Morgan fingerprint density at radius 2 is 1.88 bits per heavy atom. The van der Waals surface area contributed by atoms with Crippen molar-refractivity contribution in [2.75, 3.05) is 5.32 Å². The van der Waals surface area contributed by atoms with E-state index in [9.17, 15) is 9.59 Å². The molecule has 3 aromatic carbocycles. The molecule has 0 saturated heterocycles. The van der Waals surface area contributed by atoms with Gasteiger partial charge in [-0.1, -0.05) is 48.5 Å². The maximum atomic E-state index is 12.4. The molecule has 1 amide bonds. The lowest BCUT2D eigenvalue weighted by molar-refractivity contribution is -0.115. The van der Waals surface area contributed by atoms with Crippen LogP contribution < -0.4 is 5.32 Å². The van der Waals surface area contributed by atoms with Crippen molar-refractivity contribution >= 4 is 28.3 Å². The van der Waals surface area contributed by atoms with Crippen molar-refractivity contribution in [2.45, 2.75) is 13.0 Å². The molecule has 0 unspecified atom stereocenters. The maximum Gasteiger partial charge on any atom is 0.338 e. The van der Waals surface area contributed by atoms with E-state index >= 15 is 0 Å². The number of anilines is 1. The summed E-state index contributed by atoms with van der Waals surface area (Å²) in [6.07, 6.45) is 0.281. The van der Waals surface area contributed by atoms with Crippen LogP contribution in [0.3, 0.4) is 0 Å². The number of carbonyl (C=O) groups excluding carboxylic acids is 2. The summed E-state index contributed by atoms with van der Waals surface area (Å²) in [6.45, 7) is 0.304. The Kier molecular flexibility index (Phi) is 3.50. The number of rotatable bonds is 3. The Morgan fingerprint density at radius 1 is 1.04 bits per heavy atom. The van der Waals surface area contributed by atoms with Gasteiger partial charge in [-0.25, -0.2) is 4.79 Å². The number of hydrogen-bond acceptors (Lipinski definition) is 3. The van der Waals surface area contributed by atoms with E-state index in [4.69, 9.17) is 4.74 Å². The predicted molar refractivity (Wildman–Crippen MR) is 91.8 cm³/mol.